The molecule has 0 spiro atoms. The zero-order valence-electron chi connectivity index (χ0n) is 10.6. The van der Waals surface area contributed by atoms with Gasteiger partial charge in [-0.2, -0.15) is 0 Å². The van der Waals surface area contributed by atoms with Crippen LogP contribution in [0, 0.1) is 5.92 Å². The van der Waals surface area contributed by atoms with Crippen molar-refractivity contribution in [2.45, 2.75) is 25.7 Å². The van der Waals surface area contributed by atoms with Crippen LogP contribution in [0.15, 0.2) is 0 Å². The Labute approximate surface area is 102 Å². The van der Waals surface area contributed by atoms with Crippen LogP contribution in [0.1, 0.15) is 25.7 Å². The number of piperidine rings is 1. The van der Waals surface area contributed by atoms with Crippen LogP contribution in [0.3, 0.4) is 0 Å². The summed E-state index contributed by atoms with van der Waals surface area (Å²) in [5.41, 5.74) is 0. The minimum absolute atomic E-state index is 0.00752. The minimum atomic E-state index is -0.175. The molecule has 0 amide bonds. The lowest BCUT2D eigenvalue weighted by Gasteiger charge is -2.31. The van der Waals surface area contributed by atoms with Gasteiger partial charge in [-0.05, 0) is 32.4 Å². The molecule has 0 radical (unpaired) electrons. The number of carbonyl (C=O) groups excluding carboxylic acids is 2. The molecule has 1 rings (SSSR count). The molecule has 0 saturated carbocycles. The predicted molar refractivity (Wildman–Crippen MR) is 62.4 cm³/mol. The number of carbonyl (C=O) groups is 2. The molecule has 0 aromatic heterocycles. The predicted octanol–water partition coefficient (Wildman–Crippen LogP) is 0.825. The summed E-state index contributed by atoms with van der Waals surface area (Å²) < 4.78 is 9.34. The number of esters is 2. The van der Waals surface area contributed by atoms with Gasteiger partial charge in [0, 0.05) is 13.0 Å². The van der Waals surface area contributed by atoms with Crippen molar-refractivity contribution in [1.29, 1.82) is 0 Å². The van der Waals surface area contributed by atoms with Crippen LogP contribution in [0.2, 0.25) is 0 Å². The molecule has 0 aromatic rings. The average Bonchev–Trinajstić information content (AvgIpc) is 2.38. The lowest BCUT2D eigenvalue weighted by molar-refractivity contribution is -0.147. The number of likely N-dealkylation sites (tertiary alicyclic amines) is 1. The number of rotatable bonds is 5. The van der Waals surface area contributed by atoms with E-state index in [1.165, 1.54) is 14.2 Å². The zero-order valence-corrected chi connectivity index (χ0v) is 10.6. The summed E-state index contributed by atoms with van der Waals surface area (Å²) in [6.45, 7) is 2.57. The van der Waals surface area contributed by atoms with Crippen molar-refractivity contribution in [2.75, 3.05) is 33.9 Å². The highest BCUT2D eigenvalue weighted by Gasteiger charge is 2.25. The highest BCUT2D eigenvalue weighted by atomic mass is 16.5. The zero-order chi connectivity index (χ0) is 12.7. The molecule has 5 heteroatoms. The topological polar surface area (TPSA) is 55.8 Å². The van der Waals surface area contributed by atoms with E-state index in [1.807, 2.05) is 0 Å². The Morgan fingerprint density at radius 1 is 1.29 bits per heavy atom. The Kier molecular flexibility index (Phi) is 5.97. The molecule has 1 aliphatic rings. The number of methoxy groups -OCH3 is 2. The van der Waals surface area contributed by atoms with E-state index in [4.69, 9.17) is 4.74 Å². The van der Waals surface area contributed by atoms with Crippen molar-refractivity contribution in [3.05, 3.63) is 0 Å². The van der Waals surface area contributed by atoms with Gasteiger partial charge in [0.2, 0.25) is 0 Å². The molecule has 0 aliphatic carbocycles. The first kappa shape index (κ1) is 14.0. The van der Waals surface area contributed by atoms with Gasteiger partial charge < -0.3 is 14.4 Å². The molecular weight excluding hydrogens is 222 g/mol. The molecule has 98 valence electrons. The van der Waals surface area contributed by atoms with Crippen LogP contribution in [-0.2, 0) is 19.1 Å². The van der Waals surface area contributed by atoms with E-state index in [0.717, 1.165) is 38.9 Å². The first-order chi connectivity index (χ1) is 8.17. The van der Waals surface area contributed by atoms with Crippen LogP contribution in [0.25, 0.3) is 0 Å². The van der Waals surface area contributed by atoms with E-state index in [2.05, 4.69) is 9.64 Å². The lowest BCUT2D eigenvalue weighted by atomic mass is 9.98. The molecule has 1 unspecified atom stereocenters. The van der Waals surface area contributed by atoms with Crippen LogP contribution in [-0.4, -0.2) is 50.7 Å². The highest BCUT2D eigenvalue weighted by molar-refractivity contribution is 5.72. The molecule has 1 fully saturated rings. The third-order valence-electron chi connectivity index (χ3n) is 3.12. The fraction of sp³-hybridized carbons (Fsp3) is 0.833. The number of nitrogens with zero attached hydrogens (tertiary/aromatic N) is 1. The first-order valence-corrected chi connectivity index (χ1v) is 6.04. The molecule has 1 aliphatic heterocycles. The van der Waals surface area contributed by atoms with Gasteiger partial charge >= 0.3 is 11.9 Å². The molecule has 0 aromatic carbocycles. The Balaban J connectivity index is 2.25. The molecule has 1 atom stereocenters. The molecule has 17 heavy (non-hydrogen) atoms. The molecule has 0 bridgehead atoms. The van der Waals surface area contributed by atoms with Crippen LogP contribution in [0.5, 0.6) is 0 Å². The molecule has 1 heterocycles. The van der Waals surface area contributed by atoms with E-state index in [-0.39, 0.29) is 17.9 Å². The second kappa shape index (κ2) is 7.27. The van der Waals surface area contributed by atoms with Gasteiger partial charge in [-0.25, -0.2) is 0 Å². The van der Waals surface area contributed by atoms with Crippen LogP contribution >= 0.6 is 0 Å². The van der Waals surface area contributed by atoms with E-state index in [0.29, 0.717) is 6.42 Å². The maximum atomic E-state index is 11.4. The summed E-state index contributed by atoms with van der Waals surface area (Å²) in [5.74, 6) is -0.305. The minimum Gasteiger partial charge on any atom is -0.469 e. The van der Waals surface area contributed by atoms with Crippen LogP contribution in [0.4, 0.5) is 0 Å². The Bertz CT molecular complexity index is 267. The Hall–Kier alpha value is -1.10. The first-order valence-electron chi connectivity index (χ1n) is 6.04. The standard InChI is InChI=1S/C12H21NO4/c1-16-11(14)6-4-8-13-7-3-5-10(9-13)12(15)17-2/h10H,3-9H2,1-2H3. The van der Waals surface area contributed by atoms with Crippen molar-refractivity contribution in [3.8, 4) is 0 Å². The van der Waals surface area contributed by atoms with Crippen molar-refractivity contribution < 1.29 is 19.1 Å². The Morgan fingerprint density at radius 3 is 2.71 bits per heavy atom. The van der Waals surface area contributed by atoms with Crippen LogP contribution < -0.4 is 0 Å². The summed E-state index contributed by atoms with van der Waals surface area (Å²) in [7, 11) is 2.83. The van der Waals surface area contributed by atoms with Crippen molar-refractivity contribution in [2.24, 2.45) is 5.92 Å². The smallest absolute Gasteiger partial charge is 0.309 e. The summed E-state index contributed by atoms with van der Waals surface area (Å²) in [4.78, 5) is 24.6. The maximum absolute atomic E-state index is 11.4. The van der Waals surface area contributed by atoms with Gasteiger partial charge in [-0.3, -0.25) is 9.59 Å². The summed E-state index contributed by atoms with van der Waals surface area (Å²) in [5, 5.41) is 0. The normalized spacial score (nSPS) is 20.9. The molecular formula is C12H21NO4. The van der Waals surface area contributed by atoms with Crippen molar-refractivity contribution in [1.82, 2.24) is 4.90 Å². The number of hydrogen-bond donors (Lipinski definition) is 0. The SMILES string of the molecule is COC(=O)CCCN1CCCC(C(=O)OC)C1. The second-order valence-electron chi connectivity index (χ2n) is 4.34. The molecule has 5 nitrogen and oxygen atoms in total. The van der Waals surface area contributed by atoms with E-state index >= 15 is 0 Å². The fourth-order valence-electron chi connectivity index (χ4n) is 2.17. The van der Waals surface area contributed by atoms with Gasteiger partial charge in [0.1, 0.15) is 0 Å². The van der Waals surface area contributed by atoms with Gasteiger partial charge in [-0.15, -0.1) is 0 Å². The van der Waals surface area contributed by atoms with Crippen molar-refractivity contribution >= 4 is 11.9 Å². The van der Waals surface area contributed by atoms with Crippen molar-refractivity contribution in [3.63, 3.8) is 0 Å². The molecule has 1 saturated heterocycles. The molecule has 0 N–H and O–H groups in total. The van der Waals surface area contributed by atoms with E-state index in [9.17, 15) is 9.59 Å². The monoisotopic (exact) mass is 243 g/mol. The number of ether oxygens (including phenoxy) is 2. The van der Waals surface area contributed by atoms with Gasteiger partial charge in [0.25, 0.3) is 0 Å². The summed E-state index contributed by atoms with van der Waals surface area (Å²) in [6, 6.07) is 0. The van der Waals surface area contributed by atoms with Gasteiger partial charge in [-0.1, -0.05) is 0 Å². The second-order valence-corrected chi connectivity index (χ2v) is 4.34. The van der Waals surface area contributed by atoms with Gasteiger partial charge in [0.05, 0.1) is 20.1 Å². The summed E-state index contributed by atoms with van der Waals surface area (Å²) in [6.07, 6.45) is 3.13. The lowest BCUT2D eigenvalue weighted by Crippen LogP contribution is -2.39. The fourth-order valence-corrected chi connectivity index (χ4v) is 2.17. The third kappa shape index (κ3) is 4.73. The largest absolute Gasteiger partial charge is 0.469 e. The average molecular weight is 243 g/mol. The van der Waals surface area contributed by atoms with E-state index < -0.39 is 0 Å². The quantitative estimate of drug-likeness (QED) is 0.669. The Morgan fingerprint density at radius 2 is 2.06 bits per heavy atom. The third-order valence-corrected chi connectivity index (χ3v) is 3.12. The van der Waals surface area contributed by atoms with E-state index in [1.54, 1.807) is 0 Å². The number of hydrogen-bond acceptors (Lipinski definition) is 5. The highest BCUT2D eigenvalue weighted by Crippen LogP contribution is 2.17. The van der Waals surface area contributed by atoms with Gasteiger partial charge in [0.15, 0.2) is 0 Å². The summed E-state index contributed by atoms with van der Waals surface area (Å²) >= 11 is 0. The maximum Gasteiger partial charge on any atom is 0.309 e.